The smallest absolute Gasteiger partial charge is 0.245 e. The molecule has 2 heterocycles. The van der Waals surface area contributed by atoms with Gasteiger partial charge in [-0.1, -0.05) is 29.3 Å². The summed E-state index contributed by atoms with van der Waals surface area (Å²) in [7, 11) is -3.68. The summed E-state index contributed by atoms with van der Waals surface area (Å²) in [6, 6.07) is 10.2. The van der Waals surface area contributed by atoms with Gasteiger partial charge >= 0.3 is 0 Å². The molecule has 0 atom stereocenters. The van der Waals surface area contributed by atoms with Crippen molar-refractivity contribution in [3.05, 3.63) is 46.4 Å². The van der Waals surface area contributed by atoms with Crippen LogP contribution in [0.4, 0.5) is 5.69 Å². The Bertz CT molecular complexity index is 1060. The molecular weight excluding hydrogens is 399 g/mol. The van der Waals surface area contributed by atoms with Crippen LogP contribution in [0.25, 0.3) is 11.0 Å². The molecule has 26 heavy (non-hydrogen) atoms. The first-order chi connectivity index (χ1) is 12.5. The van der Waals surface area contributed by atoms with E-state index in [0.717, 1.165) is 5.69 Å². The Morgan fingerprint density at radius 1 is 0.962 bits per heavy atom. The highest BCUT2D eigenvalue weighted by atomic mass is 35.5. The van der Waals surface area contributed by atoms with E-state index in [0.29, 0.717) is 41.7 Å². The lowest BCUT2D eigenvalue weighted by atomic mass is 10.2. The summed E-state index contributed by atoms with van der Waals surface area (Å²) in [4.78, 5) is 2.19. The minimum absolute atomic E-state index is 0.110. The maximum Gasteiger partial charge on any atom is 0.245 e. The van der Waals surface area contributed by atoms with Crippen molar-refractivity contribution in [3.8, 4) is 0 Å². The maximum absolute atomic E-state index is 13.0. The van der Waals surface area contributed by atoms with Crippen molar-refractivity contribution in [2.45, 2.75) is 4.90 Å². The van der Waals surface area contributed by atoms with Crippen LogP contribution >= 0.6 is 23.2 Å². The molecule has 1 aliphatic rings. The third kappa shape index (κ3) is 3.03. The average Bonchev–Trinajstić information content (AvgIpc) is 3.12. The number of hydrogen-bond donors (Lipinski definition) is 0. The van der Waals surface area contributed by atoms with Gasteiger partial charge in [-0.2, -0.15) is 4.31 Å². The minimum atomic E-state index is -3.68. The van der Waals surface area contributed by atoms with Crippen LogP contribution < -0.4 is 4.90 Å². The van der Waals surface area contributed by atoms with Crippen molar-refractivity contribution in [1.82, 2.24) is 14.6 Å². The van der Waals surface area contributed by atoms with Crippen LogP contribution in [0.3, 0.4) is 0 Å². The highest BCUT2D eigenvalue weighted by Crippen LogP contribution is 2.29. The van der Waals surface area contributed by atoms with E-state index in [4.69, 9.17) is 23.2 Å². The molecule has 10 heteroatoms. The van der Waals surface area contributed by atoms with Crippen LogP contribution in [0.1, 0.15) is 0 Å². The first-order valence-electron chi connectivity index (χ1n) is 7.88. The van der Waals surface area contributed by atoms with E-state index < -0.39 is 10.0 Å². The third-order valence-electron chi connectivity index (χ3n) is 4.37. The van der Waals surface area contributed by atoms with Crippen molar-refractivity contribution in [3.63, 3.8) is 0 Å². The minimum Gasteiger partial charge on any atom is -0.369 e. The topological polar surface area (TPSA) is 79.5 Å². The van der Waals surface area contributed by atoms with Crippen LogP contribution in [0.15, 0.2) is 45.9 Å². The highest BCUT2D eigenvalue weighted by molar-refractivity contribution is 7.89. The normalized spacial score (nSPS) is 16.3. The van der Waals surface area contributed by atoms with Gasteiger partial charge in [0.05, 0.1) is 10.0 Å². The molecule has 0 spiro atoms. The Labute approximate surface area is 160 Å². The summed E-state index contributed by atoms with van der Waals surface area (Å²) in [6.07, 6.45) is 0. The predicted octanol–water partition coefficient (Wildman–Crippen LogP) is 3.04. The Kier molecular flexibility index (Phi) is 4.52. The zero-order valence-corrected chi connectivity index (χ0v) is 15.8. The molecule has 0 amide bonds. The van der Waals surface area contributed by atoms with Gasteiger partial charge in [-0.3, -0.25) is 0 Å². The van der Waals surface area contributed by atoms with Gasteiger partial charge in [0.25, 0.3) is 0 Å². The summed E-state index contributed by atoms with van der Waals surface area (Å²) in [5.41, 5.74) is 1.58. The molecule has 136 valence electrons. The SMILES string of the molecule is O=S(=O)(c1cccc2nonc12)N1CCN(c2ccc(Cl)c(Cl)c2)CC1. The largest absolute Gasteiger partial charge is 0.369 e. The van der Waals surface area contributed by atoms with Gasteiger partial charge in [-0.05, 0) is 40.6 Å². The van der Waals surface area contributed by atoms with Crippen molar-refractivity contribution >= 4 is 49.9 Å². The molecule has 0 saturated carbocycles. The Balaban J connectivity index is 1.55. The van der Waals surface area contributed by atoms with Gasteiger partial charge < -0.3 is 4.90 Å². The predicted molar refractivity (Wildman–Crippen MR) is 99.2 cm³/mol. The highest BCUT2D eigenvalue weighted by Gasteiger charge is 2.31. The number of fused-ring (bicyclic) bond motifs is 1. The summed E-state index contributed by atoms with van der Waals surface area (Å²) in [6.45, 7) is 1.79. The molecule has 3 aromatic rings. The number of anilines is 1. The lowest BCUT2D eigenvalue weighted by Crippen LogP contribution is -2.48. The molecule has 0 aliphatic carbocycles. The van der Waals surface area contributed by atoms with Gasteiger partial charge in [0.15, 0.2) is 5.52 Å². The van der Waals surface area contributed by atoms with Gasteiger partial charge in [0.2, 0.25) is 10.0 Å². The summed E-state index contributed by atoms with van der Waals surface area (Å²) in [5, 5.41) is 8.40. The van der Waals surface area contributed by atoms with Crippen LogP contribution in [-0.4, -0.2) is 49.2 Å². The first kappa shape index (κ1) is 17.5. The molecule has 0 N–H and O–H groups in total. The zero-order chi connectivity index (χ0) is 18.3. The molecule has 2 aromatic carbocycles. The molecule has 4 rings (SSSR count). The van der Waals surface area contributed by atoms with Gasteiger partial charge in [0.1, 0.15) is 10.4 Å². The van der Waals surface area contributed by atoms with E-state index in [1.54, 1.807) is 24.3 Å². The van der Waals surface area contributed by atoms with Gasteiger partial charge in [-0.15, -0.1) is 0 Å². The quantitative estimate of drug-likeness (QED) is 0.657. The average molecular weight is 413 g/mol. The van der Waals surface area contributed by atoms with Crippen LogP contribution in [0.5, 0.6) is 0 Å². The van der Waals surface area contributed by atoms with Gasteiger partial charge in [0, 0.05) is 31.9 Å². The molecule has 1 aliphatic heterocycles. The fourth-order valence-corrected chi connectivity index (χ4v) is 4.85. The van der Waals surface area contributed by atoms with E-state index in [1.807, 2.05) is 6.07 Å². The second-order valence-electron chi connectivity index (χ2n) is 5.88. The first-order valence-corrected chi connectivity index (χ1v) is 10.1. The van der Waals surface area contributed by atoms with Crippen molar-refractivity contribution in [2.75, 3.05) is 31.1 Å². The number of rotatable bonds is 3. The molecule has 1 aromatic heterocycles. The van der Waals surface area contributed by atoms with E-state index >= 15 is 0 Å². The number of nitrogens with zero attached hydrogens (tertiary/aromatic N) is 4. The van der Waals surface area contributed by atoms with Gasteiger partial charge in [-0.25, -0.2) is 13.0 Å². The molecule has 7 nitrogen and oxygen atoms in total. The monoisotopic (exact) mass is 412 g/mol. The number of hydrogen-bond acceptors (Lipinski definition) is 6. The van der Waals surface area contributed by atoms with Crippen molar-refractivity contribution < 1.29 is 13.0 Å². The number of benzene rings is 2. The van der Waals surface area contributed by atoms with E-state index in [1.165, 1.54) is 10.4 Å². The standard InChI is InChI=1S/C16H14Cl2N4O3S/c17-12-5-4-11(10-13(12)18)21-6-8-22(9-7-21)26(23,24)15-3-1-2-14-16(15)20-25-19-14/h1-5,10H,6-9H2. The van der Waals surface area contributed by atoms with Crippen LogP contribution in [0.2, 0.25) is 10.0 Å². The molecule has 1 fully saturated rings. The Hall–Kier alpha value is -1.87. The third-order valence-corrected chi connectivity index (χ3v) is 7.04. The Morgan fingerprint density at radius 2 is 1.73 bits per heavy atom. The lowest BCUT2D eigenvalue weighted by Gasteiger charge is -2.35. The fraction of sp³-hybridized carbons (Fsp3) is 0.250. The van der Waals surface area contributed by atoms with Crippen molar-refractivity contribution in [1.29, 1.82) is 0 Å². The zero-order valence-electron chi connectivity index (χ0n) is 13.5. The molecule has 0 unspecified atom stereocenters. The number of sulfonamides is 1. The van der Waals surface area contributed by atoms with Crippen LogP contribution in [0, 0.1) is 0 Å². The van der Waals surface area contributed by atoms with E-state index in [-0.39, 0.29) is 10.4 Å². The summed E-state index contributed by atoms with van der Waals surface area (Å²) < 4.78 is 32.1. The number of aromatic nitrogens is 2. The fourth-order valence-electron chi connectivity index (χ4n) is 3.00. The second-order valence-corrected chi connectivity index (χ2v) is 8.60. The maximum atomic E-state index is 13.0. The van der Waals surface area contributed by atoms with E-state index in [2.05, 4.69) is 19.8 Å². The number of halogens is 2. The Morgan fingerprint density at radius 3 is 2.46 bits per heavy atom. The summed E-state index contributed by atoms with van der Waals surface area (Å²) >= 11 is 12.0. The molecule has 0 bridgehead atoms. The number of piperazine rings is 1. The van der Waals surface area contributed by atoms with Crippen molar-refractivity contribution in [2.24, 2.45) is 0 Å². The van der Waals surface area contributed by atoms with E-state index in [9.17, 15) is 8.42 Å². The second kappa shape index (κ2) is 6.70. The lowest BCUT2D eigenvalue weighted by molar-refractivity contribution is 0.315. The molecular formula is C16H14Cl2N4O3S. The van der Waals surface area contributed by atoms with Crippen LogP contribution in [-0.2, 0) is 10.0 Å². The summed E-state index contributed by atoms with van der Waals surface area (Å²) in [5.74, 6) is 0. The molecule has 1 saturated heterocycles. The molecule has 0 radical (unpaired) electrons.